The van der Waals surface area contributed by atoms with Crippen molar-refractivity contribution in [3.8, 4) is 6.07 Å². The van der Waals surface area contributed by atoms with Gasteiger partial charge in [0.1, 0.15) is 0 Å². The largest absolute Gasteiger partial charge is 0.331 e. The van der Waals surface area contributed by atoms with Gasteiger partial charge in [-0.2, -0.15) is 10.2 Å². The molecular weight excluding hydrogens is 240 g/mol. The number of nitriles is 1. The number of rotatable bonds is 4. The first-order valence-corrected chi connectivity index (χ1v) is 6.20. The van der Waals surface area contributed by atoms with Crippen LogP contribution in [-0.2, 0) is 0 Å². The van der Waals surface area contributed by atoms with E-state index in [9.17, 15) is 0 Å². The molecule has 0 aliphatic rings. The van der Waals surface area contributed by atoms with E-state index in [0.29, 0.717) is 17.4 Å². The maximum atomic E-state index is 8.76. The number of nitrogens with one attached hydrogen (secondary N) is 1. The van der Waals surface area contributed by atoms with E-state index < -0.39 is 0 Å². The fourth-order valence-electron chi connectivity index (χ4n) is 1.64. The first-order chi connectivity index (χ1) is 9.10. The Hall–Kier alpha value is -2.35. The van der Waals surface area contributed by atoms with Crippen molar-refractivity contribution in [1.82, 2.24) is 10.1 Å². The highest BCUT2D eigenvalue weighted by Crippen LogP contribution is 2.20. The molecule has 0 aliphatic carbocycles. The molecule has 0 saturated heterocycles. The third-order valence-corrected chi connectivity index (χ3v) is 2.84. The summed E-state index contributed by atoms with van der Waals surface area (Å²) in [6.07, 6.45) is 0. The van der Waals surface area contributed by atoms with Crippen LogP contribution in [0.4, 0.5) is 6.01 Å². The van der Waals surface area contributed by atoms with Crippen molar-refractivity contribution in [3.63, 3.8) is 0 Å². The highest BCUT2D eigenvalue weighted by molar-refractivity contribution is 5.35. The minimum Gasteiger partial charge on any atom is -0.331 e. The van der Waals surface area contributed by atoms with Crippen molar-refractivity contribution in [2.24, 2.45) is 0 Å². The molecule has 1 aromatic carbocycles. The Morgan fingerprint density at radius 1 is 1.21 bits per heavy atom. The fraction of sp³-hybridized carbons (Fsp3) is 0.357. The summed E-state index contributed by atoms with van der Waals surface area (Å²) >= 11 is 0. The summed E-state index contributed by atoms with van der Waals surface area (Å²) in [7, 11) is 0. The average Bonchev–Trinajstić information content (AvgIpc) is 2.87. The Balaban J connectivity index is 2.07. The van der Waals surface area contributed by atoms with Crippen LogP contribution < -0.4 is 5.32 Å². The molecule has 2 aromatic rings. The molecule has 1 aromatic heterocycles. The molecule has 1 heterocycles. The lowest BCUT2D eigenvalue weighted by Crippen LogP contribution is -2.07. The second-order valence-corrected chi connectivity index (χ2v) is 4.71. The quantitative estimate of drug-likeness (QED) is 0.908. The zero-order valence-corrected chi connectivity index (χ0v) is 11.2. The Labute approximate surface area is 112 Å². The van der Waals surface area contributed by atoms with E-state index in [2.05, 4.69) is 21.5 Å². The molecule has 5 heteroatoms. The van der Waals surface area contributed by atoms with Crippen molar-refractivity contribution < 1.29 is 4.52 Å². The molecule has 0 aliphatic heterocycles. The monoisotopic (exact) mass is 256 g/mol. The smallest absolute Gasteiger partial charge is 0.321 e. The number of hydrogen-bond donors (Lipinski definition) is 1. The first kappa shape index (κ1) is 13.1. The summed E-state index contributed by atoms with van der Waals surface area (Å²) in [5.74, 6) is 0.930. The van der Waals surface area contributed by atoms with Crippen LogP contribution in [0.25, 0.3) is 0 Å². The summed E-state index contributed by atoms with van der Waals surface area (Å²) in [4.78, 5) is 4.27. The predicted molar refractivity (Wildman–Crippen MR) is 71.6 cm³/mol. The van der Waals surface area contributed by atoms with Crippen molar-refractivity contribution in [3.05, 3.63) is 41.2 Å². The van der Waals surface area contributed by atoms with Crippen molar-refractivity contribution >= 4 is 6.01 Å². The second kappa shape index (κ2) is 5.53. The van der Waals surface area contributed by atoms with Gasteiger partial charge < -0.3 is 9.84 Å². The van der Waals surface area contributed by atoms with Crippen LogP contribution >= 0.6 is 0 Å². The Kier molecular flexibility index (Phi) is 3.81. The molecule has 5 nitrogen and oxygen atoms in total. The number of benzene rings is 1. The molecule has 1 unspecified atom stereocenters. The molecule has 2 rings (SSSR count). The van der Waals surface area contributed by atoms with E-state index in [1.807, 2.05) is 32.9 Å². The van der Waals surface area contributed by atoms with Crippen LogP contribution in [0.1, 0.15) is 49.7 Å². The summed E-state index contributed by atoms with van der Waals surface area (Å²) in [6.45, 7) is 6.03. The topological polar surface area (TPSA) is 74.7 Å². The lowest BCUT2D eigenvalue weighted by molar-refractivity contribution is 0.416. The van der Waals surface area contributed by atoms with Crippen molar-refractivity contribution in [2.75, 3.05) is 5.32 Å². The second-order valence-electron chi connectivity index (χ2n) is 4.71. The van der Waals surface area contributed by atoms with E-state index in [1.165, 1.54) is 0 Å². The van der Waals surface area contributed by atoms with E-state index in [0.717, 1.165) is 5.56 Å². The third-order valence-electron chi connectivity index (χ3n) is 2.84. The van der Waals surface area contributed by atoms with Crippen LogP contribution in [-0.4, -0.2) is 10.1 Å². The minimum atomic E-state index is 0.0354. The van der Waals surface area contributed by atoms with Gasteiger partial charge in [0.05, 0.1) is 17.7 Å². The predicted octanol–water partition coefficient (Wildman–Crippen LogP) is 3.24. The number of nitrogens with zero attached hydrogens (tertiary/aromatic N) is 3. The van der Waals surface area contributed by atoms with Gasteiger partial charge in [-0.1, -0.05) is 31.1 Å². The summed E-state index contributed by atoms with van der Waals surface area (Å²) in [5, 5.41) is 15.8. The van der Waals surface area contributed by atoms with Crippen LogP contribution in [0, 0.1) is 11.3 Å². The van der Waals surface area contributed by atoms with Crippen LogP contribution in [0.2, 0.25) is 0 Å². The van der Waals surface area contributed by atoms with Gasteiger partial charge in [0.25, 0.3) is 0 Å². The molecule has 19 heavy (non-hydrogen) atoms. The molecule has 1 N–H and O–H groups in total. The van der Waals surface area contributed by atoms with Crippen molar-refractivity contribution in [1.29, 1.82) is 5.26 Å². The number of aromatic nitrogens is 2. The Morgan fingerprint density at radius 2 is 1.89 bits per heavy atom. The molecule has 0 saturated carbocycles. The SMILES string of the molecule is CC(C)c1noc(NC(C)c2ccc(C#N)cc2)n1. The molecule has 0 fully saturated rings. The van der Waals surface area contributed by atoms with Crippen LogP contribution in [0.5, 0.6) is 0 Å². The van der Waals surface area contributed by atoms with E-state index in [-0.39, 0.29) is 12.0 Å². The maximum Gasteiger partial charge on any atom is 0.321 e. The first-order valence-electron chi connectivity index (χ1n) is 6.20. The van der Waals surface area contributed by atoms with E-state index in [4.69, 9.17) is 9.78 Å². The van der Waals surface area contributed by atoms with Gasteiger partial charge in [-0.05, 0) is 24.6 Å². The summed E-state index contributed by atoms with van der Waals surface area (Å²) < 4.78 is 5.14. The lowest BCUT2D eigenvalue weighted by atomic mass is 10.1. The van der Waals surface area contributed by atoms with E-state index >= 15 is 0 Å². The summed E-state index contributed by atoms with van der Waals surface area (Å²) in [5.41, 5.74) is 1.71. The minimum absolute atomic E-state index is 0.0354. The maximum absolute atomic E-state index is 8.76. The molecule has 0 spiro atoms. The zero-order valence-electron chi connectivity index (χ0n) is 11.2. The van der Waals surface area contributed by atoms with Crippen molar-refractivity contribution in [2.45, 2.75) is 32.7 Å². The van der Waals surface area contributed by atoms with Gasteiger partial charge in [0.15, 0.2) is 5.82 Å². The Bertz CT molecular complexity index is 580. The van der Waals surface area contributed by atoms with Gasteiger partial charge in [-0.3, -0.25) is 0 Å². The van der Waals surface area contributed by atoms with Gasteiger partial charge in [-0.25, -0.2) is 0 Å². The van der Waals surface area contributed by atoms with Gasteiger partial charge >= 0.3 is 6.01 Å². The standard InChI is InChI=1S/C14H16N4O/c1-9(2)13-17-14(19-18-13)16-10(3)12-6-4-11(8-15)5-7-12/h4-7,9-10H,1-3H3,(H,16,17,18). The molecule has 0 amide bonds. The number of anilines is 1. The highest BCUT2D eigenvalue weighted by atomic mass is 16.5. The van der Waals surface area contributed by atoms with Gasteiger partial charge in [0, 0.05) is 5.92 Å². The van der Waals surface area contributed by atoms with Crippen LogP contribution in [0.3, 0.4) is 0 Å². The lowest BCUT2D eigenvalue weighted by Gasteiger charge is -2.11. The zero-order chi connectivity index (χ0) is 13.8. The molecule has 1 atom stereocenters. The van der Waals surface area contributed by atoms with Gasteiger partial charge in [-0.15, -0.1) is 0 Å². The van der Waals surface area contributed by atoms with E-state index in [1.54, 1.807) is 12.1 Å². The molecule has 98 valence electrons. The normalized spacial score (nSPS) is 12.2. The summed E-state index contributed by atoms with van der Waals surface area (Å²) in [6, 6.07) is 9.96. The molecule has 0 bridgehead atoms. The third kappa shape index (κ3) is 3.10. The highest BCUT2D eigenvalue weighted by Gasteiger charge is 2.12. The Morgan fingerprint density at radius 3 is 2.42 bits per heavy atom. The molecular formula is C14H16N4O. The molecule has 0 radical (unpaired) electrons. The van der Waals surface area contributed by atoms with Gasteiger partial charge in [0.2, 0.25) is 0 Å². The van der Waals surface area contributed by atoms with Crippen LogP contribution in [0.15, 0.2) is 28.8 Å². The fourth-order valence-corrected chi connectivity index (χ4v) is 1.64. The average molecular weight is 256 g/mol. The number of hydrogen-bond acceptors (Lipinski definition) is 5.